The molecule has 0 saturated heterocycles. The van der Waals surface area contributed by atoms with E-state index in [1.54, 1.807) is 7.11 Å². The minimum Gasteiger partial charge on any atom is -0.495 e. The molecule has 0 radical (unpaired) electrons. The van der Waals surface area contributed by atoms with Gasteiger partial charge in [0.15, 0.2) is 0 Å². The van der Waals surface area contributed by atoms with Crippen molar-refractivity contribution in [3.8, 4) is 5.75 Å². The lowest BCUT2D eigenvalue weighted by Gasteiger charge is -2.31. The number of nitrogens with one attached hydrogen (secondary N) is 2. The lowest BCUT2D eigenvalue weighted by molar-refractivity contribution is -0.113. The summed E-state index contributed by atoms with van der Waals surface area (Å²) in [6.45, 7) is 1.88. The van der Waals surface area contributed by atoms with E-state index in [1.807, 2.05) is 84.3 Å². The second kappa shape index (κ2) is 8.05. The summed E-state index contributed by atoms with van der Waals surface area (Å²) >= 11 is 6.64. The minimum atomic E-state index is -0.456. The zero-order chi connectivity index (χ0) is 22.2. The Hall–Kier alpha value is -3.77. The molecule has 0 bridgehead atoms. The Morgan fingerprint density at radius 2 is 1.78 bits per heavy atom. The molecule has 0 saturated carbocycles. The number of para-hydroxylation sites is 4. The van der Waals surface area contributed by atoms with Crippen LogP contribution in [0.15, 0.2) is 84.1 Å². The largest absolute Gasteiger partial charge is 0.495 e. The van der Waals surface area contributed by atoms with E-state index < -0.39 is 6.04 Å². The number of hydrogen-bond acceptors (Lipinski definition) is 4. The van der Waals surface area contributed by atoms with E-state index in [9.17, 15) is 4.79 Å². The van der Waals surface area contributed by atoms with Crippen LogP contribution >= 0.6 is 11.6 Å². The lowest BCUT2D eigenvalue weighted by Crippen LogP contribution is -2.31. The number of carbonyl (C=O) groups is 1. The standard InChI is InChI=1S/C25H21ClN4O2/c1-15-22(24(31)28-19-12-6-8-14-21(19)32-2)23(16-9-3-4-10-17(16)26)30-20-13-7-5-11-18(20)29-25(30)27-15/h3-14,23H,1-2H3,(H,27,29)(H,28,31). The number of aromatic nitrogens is 2. The van der Waals surface area contributed by atoms with Gasteiger partial charge in [-0.05, 0) is 42.8 Å². The summed E-state index contributed by atoms with van der Waals surface area (Å²) in [5.41, 5.74) is 4.44. The van der Waals surface area contributed by atoms with Gasteiger partial charge in [0.2, 0.25) is 5.95 Å². The predicted octanol–water partition coefficient (Wildman–Crippen LogP) is 5.63. The molecule has 160 valence electrons. The van der Waals surface area contributed by atoms with Crippen molar-refractivity contribution in [2.24, 2.45) is 0 Å². The van der Waals surface area contributed by atoms with E-state index in [0.29, 0.717) is 33.7 Å². The van der Waals surface area contributed by atoms with Gasteiger partial charge in [-0.2, -0.15) is 0 Å². The average Bonchev–Trinajstić information content (AvgIpc) is 3.16. The highest BCUT2D eigenvalue weighted by Crippen LogP contribution is 2.41. The highest BCUT2D eigenvalue weighted by molar-refractivity contribution is 6.31. The third-order valence-electron chi connectivity index (χ3n) is 5.63. The molecule has 1 aliphatic rings. The van der Waals surface area contributed by atoms with E-state index in [2.05, 4.69) is 10.6 Å². The van der Waals surface area contributed by atoms with Crippen molar-refractivity contribution in [1.29, 1.82) is 0 Å². The van der Waals surface area contributed by atoms with Gasteiger partial charge in [0.25, 0.3) is 5.91 Å². The fourth-order valence-electron chi connectivity index (χ4n) is 4.19. The Morgan fingerprint density at radius 3 is 2.59 bits per heavy atom. The van der Waals surface area contributed by atoms with Gasteiger partial charge in [0, 0.05) is 10.7 Å². The van der Waals surface area contributed by atoms with Gasteiger partial charge in [-0.1, -0.05) is 54.1 Å². The molecule has 1 aromatic heterocycles. The molecule has 2 N–H and O–H groups in total. The van der Waals surface area contributed by atoms with Crippen molar-refractivity contribution >= 4 is 40.2 Å². The zero-order valence-electron chi connectivity index (χ0n) is 17.6. The van der Waals surface area contributed by atoms with Crippen LogP contribution in [0.5, 0.6) is 5.75 Å². The van der Waals surface area contributed by atoms with Crippen LogP contribution in [0.25, 0.3) is 11.0 Å². The average molecular weight is 445 g/mol. The van der Waals surface area contributed by atoms with E-state index in [4.69, 9.17) is 21.3 Å². The van der Waals surface area contributed by atoms with Crippen molar-refractivity contribution in [3.05, 3.63) is 94.7 Å². The second-order valence-electron chi connectivity index (χ2n) is 7.54. The Bertz CT molecular complexity index is 1380. The quantitative estimate of drug-likeness (QED) is 0.428. The van der Waals surface area contributed by atoms with Crippen molar-refractivity contribution in [2.45, 2.75) is 13.0 Å². The molecule has 32 heavy (non-hydrogen) atoms. The Balaban J connectivity index is 1.68. The van der Waals surface area contributed by atoms with Crippen LogP contribution < -0.4 is 15.4 Å². The van der Waals surface area contributed by atoms with Crippen LogP contribution in [-0.4, -0.2) is 22.6 Å². The van der Waals surface area contributed by atoms with Gasteiger partial charge in [-0.3, -0.25) is 9.36 Å². The van der Waals surface area contributed by atoms with E-state index in [1.165, 1.54) is 0 Å². The molecule has 5 rings (SSSR count). The van der Waals surface area contributed by atoms with E-state index in [0.717, 1.165) is 16.6 Å². The fraction of sp³-hybridized carbons (Fsp3) is 0.120. The van der Waals surface area contributed by atoms with Gasteiger partial charge in [-0.25, -0.2) is 4.98 Å². The first-order valence-corrected chi connectivity index (χ1v) is 10.6. The van der Waals surface area contributed by atoms with Gasteiger partial charge in [-0.15, -0.1) is 0 Å². The van der Waals surface area contributed by atoms with Crippen molar-refractivity contribution < 1.29 is 9.53 Å². The summed E-state index contributed by atoms with van der Waals surface area (Å²) in [7, 11) is 1.58. The van der Waals surface area contributed by atoms with Crippen molar-refractivity contribution in [1.82, 2.24) is 9.55 Å². The summed E-state index contributed by atoms with van der Waals surface area (Å²) < 4.78 is 7.44. The summed E-state index contributed by atoms with van der Waals surface area (Å²) in [5, 5.41) is 6.91. The Morgan fingerprint density at radius 1 is 1.06 bits per heavy atom. The van der Waals surface area contributed by atoms with E-state index >= 15 is 0 Å². The molecule has 1 aliphatic heterocycles. The van der Waals surface area contributed by atoms with E-state index in [-0.39, 0.29) is 5.91 Å². The highest BCUT2D eigenvalue weighted by Gasteiger charge is 2.35. The number of imidazole rings is 1. The smallest absolute Gasteiger partial charge is 0.255 e. The number of ether oxygens (including phenoxy) is 1. The van der Waals surface area contributed by atoms with Gasteiger partial charge < -0.3 is 15.4 Å². The number of anilines is 2. The number of amides is 1. The summed E-state index contributed by atoms with van der Waals surface area (Å²) in [6.07, 6.45) is 0. The molecule has 7 heteroatoms. The molecule has 2 heterocycles. The monoisotopic (exact) mass is 444 g/mol. The minimum absolute atomic E-state index is 0.243. The van der Waals surface area contributed by atoms with Gasteiger partial charge in [0.1, 0.15) is 5.75 Å². The third kappa shape index (κ3) is 3.29. The number of allylic oxidation sites excluding steroid dienone is 1. The molecule has 6 nitrogen and oxygen atoms in total. The number of halogens is 1. The number of methoxy groups -OCH3 is 1. The maximum absolute atomic E-state index is 13.7. The number of benzene rings is 3. The molecule has 1 atom stereocenters. The molecule has 3 aromatic carbocycles. The molecule has 1 amide bonds. The normalized spacial score (nSPS) is 15.3. The van der Waals surface area contributed by atoms with Crippen LogP contribution in [0.4, 0.5) is 11.6 Å². The maximum Gasteiger partial charge on any atom is 0.255 e. The summed E-state index contributed by atoms with van der Waals surface area (Å²) in [6, 6.07) is 22.3. The lowest BCUT2D eigenvalue weighted by atomic mass is 9.94. The third-order valence-corrected chi connectivity index (χ3v) is 5.97. The topological polar surface area (TPSA) is 68.2 Å². The first kappa shape index (κ1) is 20.2. The molecule has 4 aromatic rings. The van der Waals surface area contributed by atoms with Crippen LogP contribution in [0.1, 0.15) is 18.5 Å². The molecular formula is C25H21ClN4O2. The van der Waals surface area contributed by atoms with Crippen LogP contribution in [0.3, 0.4) is 0 Å². The highest BCUT2D eigenvalue weighted by atomic mass is 35.5. The molecule has 0 aliphatic carbocycles. The number of hydrogen-bond donors (Lipinski definition) is 2. The van der Waals surface area contributed by atoms with Gasteiger partial charge in [0.05, 0.1) is 35.4 Å². The second-order valence-corrected chi connectivity index (χ2v) is 7.94. The summed E-state index contributed by atoms with van der Waals surface area (Å²) in [4.78, 5) is 18.4. The molecular weight excluding hydrogens is 424 g/mol. The SMILES string of the molecule is COc1ccccc1NC(=O)C1=C(C)Nc2nc3ccccc3n2C1c1ccccc1Cl. The molecule has 1 unspecified atom stereocenters. The van der Waals surface area contributed by atoms with Crippen molar-refractivity contribution in [2.75, 3.05) is 17.7 Å². The number of rotatable bonds is 4. The first-order valence-electron chi connectivity index (χ1n) is 10.2. The zero-order valence-corrected chi connectivity index (χ0v) is 18.4. The number of fused-ring (bicyclic) bond motifs is 3. The number of nitrogens with zero attached hydrogens (tertiary/aromatic N) is 2. The molecule has 0 spiro atoms. The predicted molar refractivity (Wildman–Crippen MR) is 127 cm³/mol. The van der Waals surface area contributed by atoms with Crippen molar-refractivity contribution in [3.63, 3.8) is 0 Å². The first-order chi connectivity index (χ1) is 15.6. The van der Waals surface area contributed by atoms with Crippen LogP contribution in [-0.2, 0) is 4.79 Å². The Labute approximate surface area is 190 Å². The maximum atomic E-state index is 13.7. The molecule has 0 fully saturated rings. The van der Waals surface area contributed by atoms with Crippen LogP contribution in [0.2, 0.25) is 5.02 Å². The van der Waals surface area contributed by atoms with Crippen LogP contribution in [0, 0.1) is 0 Å². The fourth-order valence-corrected chi connectivity index (χ4v) is 4.43. The van der Waals surface area contributed by atoms with Gasteiger partial charge >= 0.3 is 0 Å². The summed E-state index contributed by atoms with van der Waals surface area (Å²) in [5.74, 6) is 1.02. The number of carbonyl (C=O) groups excluding carboxylic acids is 1. The Kier molecular flexibility index (Phi) is 5.07.